The first-order chi connectivity index (χ1) is 9.09. The van der Waals surface area contributed by atoms with E-state index in [1.54, 1.807) is 0 Å². The summed E-state index contributed by atoms with van der Waals surface area (Å²) in [5.74, 6) is 1.13. The molecular weight excluding hydrogens is 236 g/mol. The summed E-state index contributed by atoms with van der Waals surface area (Å²) in [7, 11) is 0. The van der Waals surface area contributed by atoms with Gasteiger partial charge in [-0.25, -0.2) is 0 Å². The third-order valence-electron chi connectivity index (χ3n) is 4.62. The Hall–Kier alpha value is -0.570. The van der Waals surface area contributed by atoms with Gasteiger partial charge in [0.1, 0.15) is 0 Å². The van der Waals surface area contributed by atoms with Crippen molar-refractivity contribution in [2.24, 2.45) is 11.3 Å². The second-order valence-electron chi connectivity index (χ2n) is 6.87. The lowest BCUT2D eigenvalue weighted by Gasteiger charge is -2.34. The highest BCUT2D eigenvalue weighted by Crippen LogP contribution is 2.37. The Morgan fingerprint density at radius 1 is 1.42 bits per heavy atom. The van der Waals surface area contributed by atoms with Crippen LogP contribution in [0.1, 0.15) is 59.3 Å². The zero-order valence-corrected chi connectivity index (χ0v) is 12.9. The number of rotatable bonds is 7. The molecule has 0 aromatic carbocycles. The summed E-state index contributed by atoms with van der Waals surface area (Å²) in [4.78, 5) is 15.3. The lowest BCUT2D eigenvalue weighted by atomic mass is 9.81. The minimum atomic E-state index is -0.0890. The lowest BCUT2D eigenvalue weighted by molar-refractivity contribution is -0.142. The standard InChI is InChI=1S/C16H30N2O/c1-4-8-16(9-10-17-12-16)15(19)18(14-5-6-14)11-7-13(2)3/h13-14,17H,4-12H2,1-3H3. The first kappa shape index (κ1) is 14.8. The third kappa shape index (κ3) is 3.50. The molecule has 2 fully saturated rings. The highest BCUT2D eigenvalue weighted by Gasteiger charge is 2.45. The quantitative estimate of drug-likeness (QED) is 0.768. The number of nitrogens with zero attached hydrogens (tertiary/aromatic N) is 1. The topological polar surface area (TPSA) is 32.3 Å². The van der Waals surface area contributed by atoms with Crippen molar-refractivity contribution in [1.82, 2.24) is 10.2 Å². The van der Waals surface area contributed by atoms with Crippen LogP contribution in [0.25, 0.3) is 0 Å². The van der Waals surface area contributed by atoms with Crippen LogP contribution in [0.4, 0.5) is 0 Å². The van der Waals surface area contributed by atoms with Gasteiger partial charge in [-0.05, 0) is 44.6 Å². The van der Waals surface area contributed by atoms with E-state index in [0.717, 1.165) is 45.3 Å². The summed E-state index contributed by atoms with van der Waals surface area (Å²) in [5, 5.41) is 3.41. The Balaban J connectivity index is 2.04. The molecule has 1 amide bonds. The van der Waals surface area contributed by atoms with Crippen molar-refractivity contribution in [2.75, 3.05) is 19.6 Å². The molecule has 1 heterocycles. The maximum Gasteiger partial charge on any atom is 0.230 e. The van der Waals surface area contributed by atoms with Gasteiger partial charge >= 0.3 is 0 Å². The monoisotopic (exact) mass is 266 g/mol. The average molecular weight is 266 g/mol. The Kier molecular flexibility index (Phi) is 4.88. The van der Waals surface area contributed by atoms with E-state index >= 15 is 0 Å². The van der Waals surface area contributed by atoms with E-state index in [4.69, 9.17) is 0 Å². The summed E-state index contributed by atoms with van der Waals surface area (Å²) < 4.78 is 0. The van der Waals surface area contributed by atoms with E-state index in [0.29, 0.717) is 17.9 Å². The van der Waals surface area contributed by atoms with Crippen LogP contribution in [0.3, 0.4) is 0 Å². The van der Waals surface area contributed by atoms with Crippen LogP contribution in [0, 0.1) is 11.3 Å². The predicted octanol–water partition coefficient (Wildman–Crippen LogP) is 2.80. The summed E-state index contributed by atoms with van der Waals surface area (Å²) in [6, 6.07) is 0.556. The molecule has 0 aromatic rings. The number of hydrogen-bond donors (Lipinski definition) is 1. The van der Waals surface area contributed by atoms with E-state index in [2.05, 4.69) is 31.0 Å². The van der Waals surface area contributed by atoms with Crippen LogP contribution >= 0.6 is 0 Å². The molecule has 2 rings (SSSR count). The zero-order valence-electron chi connectivity index (χ0n) is 12.9. The molecule has 0 radical (unpaired) electrons. The molecule has 1 saturated carbocycles. The summed E-state index contributed by atoms with van der Waals surface area (Å²) >= 11 is 0. The highest BCUT2D eigenvalue weighted by molar-refractivity contribution is 5.84. The minimum Gasteiger partial charge on any atom is -0.339 e. The molecule has 1 saturated heterocycles. The van der Waals surface area contributed by atoms with Crippen LogP contribution in [0.5, 0.6) is 0 Å². The molecule has 1 aliphatic heterocycles. The first-order valence-electron chi connectivity index (χ1n) is 8.11. The van der Waals surface area contributed by atoms with Crippen molar-refractivity contribution in [2.45, 2.75) is 65.3 Å². The summed E-state index contributed by atoms with van der Waals surface area (Å²) in [6.07, 6.45) is 6.77. The minimum absolute atomic E-state index is 0.0890. The molecule has 1 N–H and O–H groups in total. The lowest BCUT2D eigenvalue weighted by Crippen LogP contribution is -2.47. The van der Waals surface area contributed by atoms with Crippen LogP contribution < -0.4 is 5.32 Å². The van der Waals surface area contributed by atoms with Crippen molar-refractivity contribution < 1.29 is 4.79 Å². The van der Waals surface area contributed by atoms with Gasteiger partial charge in [-0.1, -0.05) is 27.2 Å². The largest absolute Gasteiger partial charge is 0.339 e. The van der Waals surface area contributed by atoms with Crippen molar-refractivity contribution in [3.8, 4) is 0 Å². The Labute approximate surface area is 118 Å². The zero-order chi connectivity index (χ0) is 13.9. The van der Waals surface area contributed by atoms with Crippen LogP contribution in [-0.4, -0.2) is 36.5 Å². The number of amides is 1. The van der Waals surface area contributed by atoms with Gasteiger partial charge in [0.15, 0.2) is 0 Å². The maximum absolute atomic E-state index is 13.0. The van der Waals surface area contributed by atoms with Crippen molar-refractivity contribution >= 4 is 5.91 Å². The van der Waals surface area contributed by atoms with Crippen LogP contribution in [-0.2, 0) is 4.79 Å². The number of hydrogen-bond acceptors (Lipinski definition) is 2. The van der Waals surface area contributed by atoms with Gasteiger partial charge in [0.05, 0.1) is 5.41 Å². The highest BCUT2D eigenvalue weighted by atomic mass is 16.2. The van der Waals surface area contributed by atoms with Gasteiger partial charge < -0.3 is 10.2 Å². The van der Waals surface area contributed by atoms with Gasteiger partial charge in [-0.15, -0.1) is 0 Å². The Bertz CT molecular complexity index is 304. The normalized spacial score (nSPS) is 26.9. The summed E-state index contributed by atoms with van der Waals surface area (Å²) in [5.41, 5.74) is -0.0890. The molecule has 19 heavy (non-hydrogen) atoms. The second-order valence-corrected chi connectivity index (χ2v) is 6.87. The molecule has 110 valence electrons. The molecule has 0 aromatic heterocycles. The SMILES string of the molecule is CCCC1(C(=O)N(CCC(C)C)C2CC2)CCNC1. The first-order valence-corrected chi connectivity index (χ1v) is 8.11. The molecule has 1 aliphatic carbocycles. The Morgan fingerprint density at radius 3 is 2.63 bits per heavy atom. The molecular formula is C16H30N2O. The van der Waals surface area contributed by atoms with Crippen molar-refractivity contribution in [1.29, 1.82) is 0 Å². The molecule has 3 nitrogen and oxygen atoms in total. The maximum atomic E-state index is 13.0. The van der Waals surface area contributed by atoms with E-state index in [1.807, 2.05) is 0 Å². The second kappa shape index (κ2) is 6.25. The fraction of sp³-hybridized carbons (Fsp3) is 0.938. The van der Waals surface area contributed by atoms with Gasteiger partial charge in [0.2, 0.25) is 5.91 Å². The Morgan fingerprint density at radius 2 is 2.16 bits per heavy atom. The average Bonchev–Trinajstić information content (AvgIpc) is 3.09. The molecule has 1 unspecified atom stereocenters. The summed E-state index contributed by atoms with van der Waals surface area (Å²) in [6.45, 7) is 9.55. The fourth-order valence-corrected chi connectivity index (χ4v) is 3.26. The molecule has 0 bridgehead atoms. The fourth-order valence-electron chi connectivity index (χ4n) is 3.26. The predicted molar refractivity (Wildman–Crippen MR) is 79.0 cm³/mol. The smallest absolute Gasteiger partial charge is 0.230 e. The number of nitrogens with one attached hydrogen (secondary N) is 1. The van der Waals surface area contributed by atoms with E-state index < -0.39 is 0 Å². The van der Waals surface area contributed by atoms with E-state index in [-0.39, 0.29) is 5.41 Å². The number of carbonyl (C=O) groups is 1. The third-order valence-corrected chi connectivity index (χ3v) is 4.62. The van der Waals surface area contributed by atoms with Gasteiger partial charge in [0.25, 0.3) is 0 Å². The van der Waals surface area contributed by atoms with Gasteiger partial charge in [-0.2, -0.15) is 0 Å². The van der Waals surface area contributed by atoms with E-state index in [9.17, 15) is 4.79 Å². The van der Waals surface area contributed by atoms with Gasteiger partial charge in [0, 0.05) is 19.1 Å². The van der Waals surface area contributed by atoms with Crippen LogP contribution in [0.2, 0.25) is 0 Å². The molecule has 3 heteroatoms. The van der Waals surface area contributed by atoms with Crippen molar-refractivity contribution in [3.05, 3.63) is 0 Å². The van der Waals surface area contributed by atoms with Gasteiger partial charge in [-0.3, -0.25) is 4.79 Å². The molecule has 0 spiro atoms. The molecule has 2 aliphatic rings. The van der Waals surface area contributed by atoms with E-state index in [1.165, 1.54) is 12.8 Å². The van der Waals surface area contributed by atoms with Crippen molar-refractivity contribution in [3.63, 3.8) is 0 Å². The number of carbonyl (C=O) groups excluding carboxylic acids is 1. The molecule has 1 atom stereocenters. The van der Waals surface area contributed by atoms with Crippen LogP contribution in [0.15, 0.2) is 0 Å².